The van der Waals surface area contributed by atoms with E-state index in [4.69, 9.17) is 44.2 Å². The summed E-state index contributed by atoms with van der Waals surface area (Å²) < 4.78 is 159. The van der Waals surface area contributed by atoms with Crippen molar-refractivity contribution in [2.24, 2.45) is 10.8 Å². The van der Waals surface area contributed by atoms with Gasteiger partial charge >= 0.3 is 11.9 Å². The normalized spacial score (nSPS) is 15.8. The van der Waals surface area contributed by atoms with Crippen molar-refractivity contribution in [2.45, 2.75) is 65.8 Å². The van der Waals surface area contributed by atoms with Crippen LogP contribution in [0.15, 0.2) is 121 Å². The third-order valence-electron chi connectivity index (χ3n) is 16.4. The number of ether oxygens (including phenoxy) is 5. The van der Waals surface area contributed by atoms with Gasteiger partial charge in [-0.1, -0.05) is 52.0 Å². The molecule has 91 heavy (non-hydrogen) atoms. The monoisotopic (exact) mass is 1240 g/mol. The Morgan fingerprint density at radius 2 is 0.945 bits per heavy atom. The molecule has 0 amide bonds. The van der Waals surface area contributed by atoms with Gasteiger partial charge in [-0.05, 0) is 84.9 Å². The van der Waals surface area contributed by atoms with E-state index in [1.807, 2.05) is 39.8 Å². The highest BCUT2D eigenvalue weighted by atomic mass is 19.2. The molecule has 0 N–H and O–H groups in total. The van der Waals surface area contributed by atoms with E-state index in [2.05, 4.69) is 9.97 Å². The van der Waals surface area contributed by atoms with Gasteiger partial charge in [0.15, 0.2) is 23.3 Å². The molecule has 2 saturated heterocycles. The molecule has 2 aliphatic rings. The van der Waals surface area contributed by atoms with Gasteiger partial charge < -0.3 is 32.8 Å². The van der Waals surface area contributed by atoms with Gasteiger partial charge in [0.1, 0.15) is 48.1 Å². The predicted octanol–water partition coefficient (Wildman–Crippen LogP) is 13.9. The predicted molar refractivity (Wildman–Crippen MR) is 312 cm³/mol. The van der Waals surface area contributed by atoms with Crippen molar-refractivity contribution >= 4 is 34.0 Å². The van der Waals surface area contributed by atoms with Crippen LogP contribution in [0.5, 0.6) is 11.8 Å². The Bertz CT molecular complexity index is 4420. The molecule has 23 heteroatoms. The molecule has 0 saturated carbocycles. The summed E-state index contributed by atoms with van der Waals surface area (Å²) in [4.78, 5) is 46.0. The third kappa shape index (κ3) is 11.8. The molecule has 4 aromatic heterocycles. The Morgan fingerprint density at radius 1 is 0.527 bits per heavy atom. The van der Waals surface area contributed by atoms with Gasteiger partial charge in [0.05, 0.1) is 106 Å². The van der Waals surface area contributed by atoms with E-state index < -0.39 is 116 Å². The van der Waals surface area contributed by atoms with E-state index in [0.717, 1.165) is 24.3 Å². The Hall–Kier alpha value is -10.4. The first-order valence-electron chi connectivity index (χ1n) is 28.4. The van der Waals surface area contributed by atoms with Gasteiger partial charge in [-0.15, -0.1) is 0 Å². The lowest BCUT2D eigenvalue weighted by atomic mass is 9.87. The number of nitriles is 2. The number of carbonyl (C=O) groups is 2. The molecule has 2 atom stereocenters. The zero-order chi connectivity index (χ0) is 64.2. The standard InChI is InChI=1S/C68H50F8N8O7/c1-67(2)33-87-31-55(67)83-53-21-37(15-17-51(53)79-57(83)25-41-47(71)23-43(63(75)61(41)73)49-7-5-9-59(81-49)89-29-39-13-11-35(27-77)19-45(39)69)65(85)91-66(86)38-16-18-52-54(22-38)84(56-32-88-34-68(56,3)4)58(80-52)26-42-48(72)24-44(64(76)62(42)74)50-8-6-10-60(82-50)90-30-40-14-12-36(28-78)20-46(40)70/h5-24,55-56H,25-26,29-34H2,1-4H3. The first kappa shape index (κ1) is 60.9. The molecule has 6 aromatic carbocycles. The van der Waals surface area contributed by atoms with E-state index in [0.29, 0.717) is 11.0 Å². The molecule has 6 heterocycles. The second-order valence-corrected chi connectivity index (χ2v) is 23.4. The summed E-state index contributed by atoms with van der Waals surface area (Å²) in [6.45, 7) is 7.78. The SMILES string of the molecule is CC1(C)COCC1n1c(Cc2c(F)cc(-c3cccc(OCc4ccc(C#N)cc4F)n3)c(F)c2F)nc2ccc(C(=O)OC(=O)c3ccc4nc(Cc5c(F)cc(-c6cccc(OCc7ccc(C#N)cc7F)n6)c(F)c5F)n(C5COCC5(C)C)c4c3)cc21. The first-order chi connectivity index (χ1) is 43.6. The molecule has 15 nitrogen and oxygen atoms in total. The Kier molecular flexibility index (Phi) is 16.2. The lowest BCUT2D eigenvalue weighted by Gasteiger charge is -2.28. The molecule has 10 aromatic rings. The maximum atomic E-state index is 16.4. The largest absolute Gasteiger partial charge is 0.473 e. The van der Waals surface area contributed by atoms with E-state index in [-0.39, 0.29) is 119 Å². The molecule has 460 valence electrons. The highest BCUT2D eigenvalue weighted by Crippen LogP contribution is 2.43. The molecule has 0 radical (unpaired) electrons. The molecular formula is C68H50F8N8O7. The highest BCUT2D eigenvalue weighted by Gasteiger charge is 2.41. The van der Waals surface area contributed by atoms with Crippen molar-refractivity contribution in [3.05, 3.63) is 224 Å². The van der Waals surface area contributed by atoms with Crippen LogP contribution in [0, 0.1) is 80.0 Å². The number of hydrogen-bond donors (Lipinski definition) is 0. The van der Waals surface area contributed by atoms with Crippen LogP contribution >= 0.6 is 0 Å². The van der Waals surface area contributed by atoms with Crippen molar-refractivity contribution in [3.8, 4) is 46.4 Å². The average Bonchev–Trinajstić information content (AvgIpc) is 1.67. The minimum atomic E-state index is -1.52. The topological polar surface area (TPSA) is 189 Å². The molecule has 0 bridgehead atoms. The molecule has 2 unspecified atom stereocenters. The quantitative estimate of drug-likeness (QED) is 0.0385. The number of halogens is 8. The average molecular weight is 1240 g/mol. The zero-order valence-corrected chi connectivity index (χ0v) is 48.8. The van der Waals surface area contributed by atoms with Gasteiger partial charge in [0.25, 0.3) is 0 Å². The number of imidazole rings is 2. The lowest BCUT2D eigenvalue weighted by molar-refractivity contribution is 0.0397. The smallest absolute Gasteiger partial charge is 0.346 e. The van der Waals surface area contributed by atoms with Crippen molar-refractivity contribution < 1.29 is 68.4 Å². The van der Waals surface area contributed by atoms with Crippen LogP contribution in [0.2, 0.25) is 0 Å². The van der Waals surface area contributed by atoms with Gasteiger partial charge in [0, 0.05) is 69.2 Å². The summed E-state index contributed by atoms with van der Waals surface area (Å²) in [7, 11) is 0. The van der Waals surface area contributed by atoms with Crippen LogP contribution in [0.3, 0.4) is 0 Å². The van der Waals surface area contributed by atoms with Crippen LogP contribution in [0.4, 0.5) is 35.1 Å². The maximum Gasteiger partial charge on any atom is 0.346 e. The second kappa shape index (κ2) is 24.2. The summed E-state index contributed by atoms with van der Waals surface area (Å²) in [6.07, 6.45) is -1.14. The van der Waals surface area contributed by atoms with Gasteiger partial charge in [-0.25, -0.2) is 64.6 Å². The molecule has 12 rings (SSSR count). The number of benzene rings is 6. The number of aromatic nitrogens is 6. The summed E-state index contributed by atoms with van der Waals surface area (Å²) in [6, 6.07) is 28.5. The molecule has 2 aliphatic heterocycles. The van der Waals surface area contributed by atoms with Crippen LogP contribution < -0.4 is 9.47 Å². The molecular weight excluding hydrogens is 1190 g/mol. The minimum absolute atomic E-state index is 0.0875. The number of rotatable bonds is 16. The fraction of sp³-hybridized carbons (Fsp3) is 0.235. The fourth-order valence-electron chi connectivity index (χ4n) is 11.4. The van der Waals surface area contributed by atoms with E-state index in [1.165, 1.54) is 97.1 Å². The molecule has 2 fully saturated rings. The summed E-state index contributed by atoms with van der Waals surface area (Å²) in [5.41, 5.74) is -2.64. The summed E-state index contributed by atoms with van der Waals surface area (Å²) in [5.74, 6) is -11.7. The number of nitrogens with zero attached hydrogens (tertiary/aromatic N) is 8. The Balaban J connectivity index is 0.802. The molecule has 0 spiro atoms. The fourth-order valence-corrected chi connectivity index (χ4v) is 11.4. The number of carbonyl (C=O) groups excluding carboxylic acids is 2. The van der Waals surface area contributed by atoms with Crippen molar-refractivity contribution in [3.63, 3.8) is 0 Å². The first-order valence-corrected chi connectivity index (χ1v) is 28.4. The maximum absolute atomic E-state index is 16.4. The summed E-state index contributed by atoms with van der Waals surface area (Å²) in [5, 5.41) is 18.1. The van der Waals surface area contributed by atoms with E-state index in [9.17, 15) is 18.4 Å². The summed E-state index contributed by atoms with van der Waals surface area (Å²) >= 11 is 0. The Labute approximate surface area is 513 Å². The Morgan fingerprint density at radius 3 is 1.32 bits per heavy atom. The number of pyridine rings is 2. The van der Waals surface area contributed by atoms with Crippen LogP contribution in [0.25, 0.3) is 44.6 Å². The van der Waals surface area contributed by atoms with Crippen molar-refractivity contribution in [1.82, 2.24) is 29.1 Å². The van der Waals surface area contributed by atoms with Gasteiger partial charge in [0.2, 0.25) is 11.8 Å². The van der Waals surface area contributed by atoms with E-state index >= 15 is 26.3 Å². The van der Waals surface area contributed by atoms with Crippen LogP contribution in [-0.2, 0) is 40.3 Å². The number of esters is 2. The third-order valence-corrected chi connectivity index (χ3v) is 16.4. The van der Waals surface area contributed by atoms with Crippen LogP contribution in [0.1, 0.15) is 106 Å². The molecule has 0 aliphatic carbocycles. The highest BCUT2D eigenvalue weighted by molar-refractivity contribution is 6.05. The van der Waals surface area contributed by atoms with Crippen molar-refractivity contribution in [1.29, 1.82) is 10.5 Å². The van der Waals surface area contributed by atoms with E-state index in [1.54, 1.807) is 9.13 Å². The van der Waals surface area contributed by atoms with Gasteiger partial charge in [-0.3, -0.25) is 0 Å². The van der Waals surface area contributed by atoms with Crippen LogP contribution in [-0.4, -0.2) is 67.4 Å². The minimum Gasteiger partial charge on any atom is -0.473 e. The van der Waals surface area contributed by atoms with Crippen molar-refractivity contribution in [2.75, 3.05) is 26.4 Å². The lowest BCUT2D eigenvalue weighted by Crippen LogP contribution is -2.27. The number of fused-ring (bicyclic) bond motifs is 2. The number of hydrogen-bond acceptors (Lipinski definition) is 13. The second-order valence-electron chi connectivity index (χ2n) is 23.4. The van der Waals surface area contributed by atoms with Gasteiger partial charge in [-0.2, -0.15) is 10.5 Å². The zero-order valence-electron chi connectivity index (χ0n) is 48.8.